The normalized spacial score (nSPS) is 12.1. The predicted octanol–water partition coefficient (Wildman–Crippen LogP) is 12.1. The molecule has 8 aromatic carbocycles. The highest BCUT2D eigenvalue weighted by atomic mass is 15.0. The largest absolute Gasteiger partial charge is 0.309 e. The third kappa shape index (κ3) is 3.62. The molecule has 0 aliphatic carbocycles. The van der Waals surface area contributed by atoms with Crippen molar-refractivity contribution in [3.05, 3.63) is 176 Å². The highest BCUT2D eigenvalue weighted by Gasteiger charge is 2.21. The van der Waals surface area contributed by atoms with Crippen LogP contribution in [0.5, 0.6) is 0 Å². The Hall–Kier alpha value is -6.58. The molecule has 11 aromatic rings. The molecule has 0 aliphatic heterocycles. The Morgan fingerprint density at radius 3 is 1.35 bits per heavy atom. The summed E-state index contributed by atoms with van der Waals surface area (Å²) < 4.78 is 7.31. The minimum atomic E-state index is 1.14. The molecule has 0 atom stereocenters. The van der Waals surface area contributed by atoms with Crippen LogP contribution in [0.4, 0.5) is 0 Å². The topological polar surface area (TPSA) is 14.8 Å². The Kier molecular flexibility index (Phi) is 5.38. The van der Waals surface area contributed by atoms with Gasteiger partial charge in [-0.15, -0.1) is 0 Å². The monoisotopic (exact) mass is 623 g/mol. The fourth-order valence-corrected chi connectivity index (χ4v) is 8.39. The van der Waals surface area contributed by atoms with E-state index in [1.54, 1.807) is 0 Å². The molecule has 11 rings (SSSR count). The van der Waals surface area contributed by atoms with Gasteiger partial charge in [0.25, 0.3) is 0 Å². The molecule has 49 heavy (non-hydrogen) atoms. The molecule has 0 radical (unpaired) electrons. The van der Waals surface area contributed by atoms with Gasteiger partial charge < -0.3 is 13.7 Å². The molecule has 0 spiro atoms. The van der Waals surface area contributed by atoms with Crippen molar-refractivity contribution in [2.75, 3.05) is 0 Å². The number of hydrogen-bond donors (Lipinski definition) is 0. The van der Waals surface area contributed by atoms with Crippen LogP contribution in [0.1, 0.15) is 0 Å². The molecule has 0 amide bonds. The van der Waals surface area contributed by atoms with Crippen molar-refractivity contribution in [2.45, 2.75) is 0 Å². The maximum Gasteiger partial charge on any atom is 0.0641 e. The smallest absolute Gasteiger partial charge is 0.0641 e. The van der Waals surface area contributed by atoms with E-state index in [0.29, 0.717) is 0 Å². The molecular weight excluding hydrogens is 595 g/mol. The van der Waals surface area contributed by atoms with E-state index in [1.807, 2.05) is 0 Å². The number of hydrogen-bond acceptors (Lipinski definition) is 0. The SMILES string of the molecule is c1ccc2c(-n3c4ccccc4c4ccc5c(c6ccccc6n5-c5ccc(-n6c7ccccc7c7ccccc76)cc5)c43)cccc2c1. The van der Waals surface area contributed by atoms with Gasteiger partial charge in [-0.3, -0.25) is 0 Å². The number of benzene rings is 8. The molecule has 0 aliphatic rings. The lowest BCUT2D eigenvalue weighted by molar-refractivity contribution is 1.14. The number of fused-ring (bicyclic) bond motifs is 11. The molecule has 0 fully saturated rings. The van der Waals surface area contributed by atoms with Crippen molar-refractivity contribution in [3.63, 3.8) is 0 Å². The molecule has 0 saturated carbocycles. The maximum absolute atomic E-state index is 2.50. The second kappa shape index (κ2) is 9.96. The molecular formula is C46H29N3. The first kappa shape index (κ1) is 26.5. The third-order valence-electron chi connectivity index (χ3n) is 10.4. The first-order chi connectivity index (χ1) is 24.3. The quantitative estimate of drug-likeness (QED) is 0.186. The number of aromatic nitrogens is 3. The Morgan fingerprint density at radius 2 is 0.714 bits per heavy atom. The van der Waals surface area contributed by atoms with E-state index in [9.17, 15) is 0 Å². The van der Waals surface area contributed by atoms with E-state index in [1.165, 1.54) is 81.9 Å². The number of rotatable bonds is 3. The van der Waals surface area contributed by atoms with Crippen molar-refractivity contribution in [2.24, 2.45) is 0 Å². The van der Waals surface area contributed by atoms with Crippen LogP contribution in [0.3, 0.4) is 0 Å². The van der Waals surface area contributed by atoms with Gasteiger partial charge in [0.1, 0.15) is 0 Å². The summed E-state index contributed by atoms with van der Waals surface area (Å²) in [5.74, 6) is 0. The van der Waals surface area contributed by atoms with Crippen LogP contribution in [-0.2, 0) is 0 Å². The average Bonchev–Trinajstić information content (AvgIpc) is 3.80. The van der Waals surface area contributed by atoms with Crippen LogP contribution in [-0.4, -0.2) is 13.7 Å². The van der Waals surface area contributed by atoms with Crippen LogP contribution in [0, 0.1) is 0 Å². The van der Waals surface area contributed by atoms with Crippen LogP contribution < -0.4 is 0 Å². The van der Waals surface area contributed by atoms with Gasteiger partial charge in [-0.25, -0.2) is 0 Å². The standard InChI is InChI=1S/C46H29N3/c1-2-14-33-30(12-1)13-11-23-39(33)49-42-21-9-5-17-36(42)37-28-29-44-45(46(37)49)38-18-6-10-22-43(38)48(44)32-26-24-31(25-27-32)47-40-19-7-3-15-34(40)35-16-4-8-20-41(35)47/h1-29H. The molecule has 3 aromatic heterocycles. The van der Waals surface area contributed by atoms with Crippen LogP contribution >= 0.6 is 0 Å². The summed E-state index contributed by atoms with van der Waals surface area (Å²) in [6.45, 7) is 0. The lowest BCUT2D eigenvalue weighted by Gasteiger charge is -2.13. The summed E-state index contributed by atoms with van der Waals surface area (Å²) in [7, 11) is 0. The summed E-state index contributed by atoms with van der Waals surface area (Å²) >= 11 is 0. The summed E-state index contributed by atoms with van der Waals surface area (Å²) in [6.07, 6.45) is 0. The predicted molar refractivity (Wildman–Crippen MR) is 207 cm³/mol. The van der Waals surface area contributed by atoms with Crippen molar-refractivity contribution in [1.29, 1.82) is 0 Å². The summed E-state index contributed by atoms with van der Waals surface area (Å²) in [5.41, 5.74) is 10.8. The van der Waals surface area contributed by atoms with Gasteiger partial charge in [-0.2, -0.15) is 0 Å². The summed E-state index contributed by atoms with van der Waals surface area (Å²) in [6, 6.07) is 64.2. The average molecular weight is 624 g/mol. The summed E-state index contributed by atoms with van der Waals surface area (Å²) in [5, 5.41) is 10.1. The lowest BCUT2D eigenvalue weighted by Crippen LogP contribution is -1.97. The van der Waals surface area contributed by atoms with Gasteiger partial charge >= 0.3 is 0 Å². The Bertz CT molecular complexity index is 3040. The van der Waals surface area contributed by atoms with Crippen molar-refractivity contribution >= 4 is 76.2 Å². The fraction of sp³-hybridized carbons (Fsp3) is 0. The Labute approximate surface area is 282 Å². The highest BCUT2D eigenvalue weighted by molar-refractivity contribution is 6.26. The van der Waals surface area contributed by atoms with Gasteiger partial charge in [-0.05, 0) is 66.0 Å². The number of nitrogens with zero attached hydrogens (tertiary/aromatic N) is 3. The van der Waals surface area contributed by atoms with Crippen LogP contribution in [0.15, 0.2) is 176 Å². The van der Waals surface area contributed by atoms with E-state index in [-0.39, 0.29) is 0 Å². The van der Waals surface area contributed by atoms with Crippen LogP contribution in [0.2, 0.25) is 0 Å². The molecule has 228 valence electrons. The minimum absolute atomic E-state index is 1.14. The van der Waals surface area contributed by atoms with E-state index in [0.717, 1.165) is 11.4 Å². The Morgan fingerprint density at radius 1 is 0.265 bits per heavy atom. The van der Waals surface area contributed by atoms with Gasteiger partial charge in [-0.1, -0.05) is 115 Å². The van der Waals surface area contributed by atoms with E-state index in [2.05, 4.69) is 190 Å². The minimum Gasteiger partial charge on any atom is -0.309 e. The van der Waals surface area contributed by atoms with E-state index in [4.69, 9.17) is 0 Å². The van der Waals surface area contributed by atoms with Crippen molar-refractivity contribution < 1.29 is 0 Å². The first-order valence-electron chi connectivity index (χ1n) is 16.9. The van der Waals surface area contributed by atoms with Gasteiger partial charge in [0.05, 0.1) is 38.8 Å². The van der Waals surface area contributed by atoms with Crippen LogP contribution in [0.25, 0.3) is 93.3 Å². The zero-order chi connectivity index (χ0) is 32.1. The highest BCUT2D eigenvalue weighted by Crippen LogP contribution is 2.43. The number of para-hydroxylation sites is 4. The van der Waals surface area contributed by atoms with Gasteiger partial charge in [0.2, 0.25) is 0 Å². The lowest BCUT2D eigenvalue weighted by atomic mass is 10.1. The van der Waals surface area contributed by atoms with Gasteiger partial charge in [0.15, 0.2) is 0 Å². The van der Waals surface area contributed by atoms with Crippen molar-refractivity contribution in [3.8, 4) is 17.1 Å². The molecule has 3 heteroatoms. The maximum atomic E-state index is 2.50. The zero-order valence-electron chi connectivity index (χ0n) is 26.6. The second-order valence-electron chi connectivity index (χ2n) is 12.9. The molecule has 3 nitrogen and oxygen atoms in total. The second-order valence-corrected chi connectivity index (χ2v) is 12.9. The third-order valence-corrected chi connectivity index (χ3v) is 10.4. The molecule has 3 heterocycles. The molecule has 0 unspecified atom stereocenters. The molecule has 0 bridgehead atoms. The fourth-order valence-electron chi connectivity index (χ4n) is 8.39. The van der Waals surface area contributed by atoms with E-state index < -0.39 is 0 Å². The summed E-state index contributed by atoms with van der Waals surface area (Å²) in [4.78, 5) is 0. The molecule has 0 saturated heterocycles. The molecule has 0 N–H and O–H groups in total. The zero-order valence-corrected chi connectivity index (χ0v) is 26.6. The van der Waals surface area contributed by atoms with Crippen molar-refractivity contribution in [1.82, 2.24) is 13.7 Å². The van der Waals surface area contributed by atoms with Gasteiger partial charge in [0, 0.05) is 49.1 Å². The van der Waals surface area contributed by atoms with E-state index >= 15 is 0 Å². The Balaban J connectivity index is 1.20. The first-order valence-corrected chi connectivity index (χ1v) is 16.9.